The van der Waals surface area contributed by atoms with E-state index < -0.39 is 23.0 Å². The molecule has 2 aromatic carbocycles. The van der Waals surface area contributed by atoms with Gasteiger partial charge < -0.3 is 14.6 Å². The van der Waals surface area contributed by atoms with Crippen molar-refractivity contribution in [3.8, 4) is 5.69 Å². The lowest BCUT2D eigenvalue weighted by Crippen LogP contribution is -2.36. The molecule has 1 saturated heterocycles. The molecule has 0 atom stereocenters. The van der Waals surface area contributed by atoms with Crippen LogP contribution in [0, 0.1) is 13.8 Å². The lowest BCUT2D eigenvalue weighted by Gasteiger charge is -2.12. The number of anilines is 1. The first-order chi connectivity index (χ1) is 17.7. The maximum atomic E-state index is 13.0. The second-order valence-corrected chi connectivity index (χ2v) is 10.2. The summed E-state index contributed by atoms with van der Waals surface area (Å²) in [7, 11) is 0. The minimum atomic E-state index is -0.518. The molecule has 1 aliphatic heterocycles. The van der Waals surface area contributed by atoms with Gasteiger partial charge in [-0.2, -0.15) is 0 Å². The predicted molar refractivity (Wildman–Crippen MR) is 147 cm³/mol. The highest BCUT2D eigenvalue weighted by Crippen LogP contribution is 2.34. The van der Waals surface area contributed by atoms with Crippen LogP contribution in [0.1, 0.15) is 34.2 Å². The van der Waals surface area contributed by atoms with Crippen LogP contribution in [-0.2, 0) is 14.3 Å². The number of imide groups is 1. The Bertz CT molecular complexity index is 1430. The van der Waals surface area contributed by atoms with Gasteiger partial charge in [-0.25, -0.2) is 4.79 Å². The van der Waals surface area contributed by atoms with Crippen LogP contribution in [0.25, 0.3) is 11.8 Å². The molecule has 2 heterocycles. The van der Waals surface area contributed by atoms with Gasteiger partial charge in [0.15, 0.2) is 0 Å². The lowest BCUT2D eigenvalue weighted by atomic mass is 10.2. The quantitative estimate of drug-likeness (QED) is 0.283. The second kappa shape index (κ2) is 11.2. The van der Waals surface area contributed by atoms with Crippen molar-refractivity contribution >= 4 is 62.5 Å². The van der Waals surface area contributed by atoms with Gasteiger partial charge in [0.25, 0.3) is 11.1 Å². The Hall–Kier alpha value is -3.63. The molecule has 8 nitrogen and oxygen atoms in total. The summed E-state index contributed by atoms with van der Waals surface area (Å²) in [6.07, 6.45) is 1.66. The number of rotatable bonds is 7. The number of halogens is 1. The van der Waals surface area contributed by atoms with Gasteiger partial charge in [0, 0.05) is 27.2 Å². The first kappa shape index (κ1) is 26.4. The van der Waals surface area contributed by atoms with Crippen molar-refractivity contribution in [3.05, 3.63) is 86.5 Å². The zero-order chi connectivity index (χ0) is 26.7. The topological polar surface area (TPSA) is 97.7 Å². The predicted octanol–water partition coefficient (Wildman–Crippen LogP) is 5.71. The fourth-order valence-corrected chi connectivity index (χ4v) is 5.07. The molecule has 190 valence electrons. The molecule has 1 aliphatic rings. The maximum Gasteiger partial charge on any atom is 0.338 e. The number of amides is 3. The Morgan fingerprint density at radius 2 is 1.81 bits per heavy atom. The summed E-state index contributed by atoms with van der Waals surface area (Å²) >= 11 is 4.13. The van der Waals surface area contributed by atoms with Gasteiger partial charge in [0.05, 0.1) is 17.1 Å². The number of carbonyl (C=O) groups is 4. The number of benzene rings is 2. The van der Waals surface area contributed by atoms with E-state index in [-0.39, 0.29) is 18.1 Å². The Morgan fingerprint density at radius 1 is 1.08 bits per heavy atom. The third-order valence-electron chi connectivity index (χ3n) is 5.68. The maximum absolute atomic E-state index is 13.0. The Labute approximate surface area is 226 Å². The van der Waals surface area contributed by atoms with Crippen LogP contribution in [0.3, 0.4) is 0 Å². The van der Waals surface area contributed by atoms with Crippen LogP contribution >= 0.6 is 27.7 Å². The van der Waals surface area contributed by atoms with Crippen LogP contribution in [0.15, 0.2) is 64.0 Å². The number of aromatic nitrogens is 1. The van der Waals surface area contributed by atoms with E-state index in [4.69, 9.17) is 4.74 Å². The third kappa shape index (κ3) is 5.86. The number of hydrogen-bond acceptors (Lipinski definition) is 6. The van der Waals surface area contributed by atoms with E-state index >= 15 is 0 Å². The Kier molecular flexibility index (Phi) is 7.99. The van der Waals surface area contributed by atoms with Crippen LogP contribution in [0.2, 0.25) is 0 Å². The van der Waals surface area contributed by atoms with E-state index in [1.807, 2.05) is 30.5 Å². The molecule has 10 heteroatoms. The van der Waals surface area contributed by atoms with E-state index in [0.717, 1.165) is 43.8 Å². The van der Waals surface area contributed by atoms with E-state index in [1.54, 1.807) is 55.5 Å². The molecule has 0 radical (unpaired) electrons. The summed E-state index contributed by atoms with van der Waals surface area (Å²) in [6, 6.07) is 16.0. The molecule has 3 amide bonds. The number of esters is 1. The van der Waals surface area contributed by atoms with E-state index in [9.17, 15) is 19.2 Å². The fourth-order valence-electron chi connectivity index (χ4n) is 3.97. The molecule has 0 bridgehead atoms. The molecule has 0 saturated carbocycles. The number of ether oxygens (including phenoxy) is 1. The molecular weight excluding hydrogens is 558 g/mol. The standard InChI is InChI=1S/C27H24BrN3O5S/c1-4-36-26(34)18-6-5-7-22(13-18)31-16(2)12-19(17(31)3)14-23-25(33)30(27(35)37-23)15-24(32)29-21-10-8-20(28)9-11-21/h5-14H,4,15H2,1-3H3,(H,29,32)/b23-14-. The van der Waals surface area contributed by atoms with E-state index in [1.165, 1.54) is 0 Å². The average molecular weight is 582 g/mol. The van der Waals surface area contributed by atoms with Crippen molar-refractivity contribution in [1.82, 2.24) is 9.47 Å². The lowest BCUT2D eigenvalue weighted by molar-refractivity contribution is -0.127. The summed E-state index contributed by atoms with van der Waals surface area (Å²) in [6.45, 7) is 5.48. The Balaban J connectivity index is 1.53. The number of thioether (sulfide) groups is 1. The van der Waals surface area contributed by atoms with Gasteiger partial charge in [-0.15, -0.1) is 0 Å². The van der Waals surface area contributed by atoms with Crippen molar-refractivity contribution in [2.24, 2.45) is 0 Å². The number of nitrogens with one attached hydrogen (secondary N) is 1. The van der Waals surface area contributed by atoms with Gasteiger partial charge in [0.2, 0.25) is 5.91 Å². The van der Waals surface area contributed by atoms with Crippen molar-refractivity contribution in [2.75, 3.05) is 18.5 Å². The zero-order valence-corrected chi connectivity index (χ0v) is 22.8. The van der Waals surface area contributed by atoms with Gasteiger partial charge in [-0.05, 0) is 92.7 Å². The summed E-state index contributed by atoms with van der Waals surface area (Å²) < 4.78 is 7.94. The first-order valence-electron chi connectivity index (χ1n) is 11.4. The molecule has 0 unspecified atom stereocenters. The minimum Gasteiger partial charge on any atom is -0.462 e. The normalized spacial score (nSPS) is 14.4. The molecular formula is C27H24BrN3O5S. The zero-order valence-electron chi connectivity index (χ0n) is 20.4. The highest BCUT2D eigenvalue weighted by atomic mass is 79.9. The van der Waals surface area contributed by atoms with Gasteiger partial charge in [-0.3, -0.25) is 19.3 Å². The summed E-state index contributed by atoms with van der Waals surface area (Å²) in [5.74, 6) is -1.38. The summed E-state index contributed by atoms with van der Waals surface area (Å²) in [5, 5.41) is 2.19. The van der Waals surface area contributed by atoms with Crippen LogP contribution in [0.5, 0.6) is 0 Å². The highest BCUT2D eigenvalue weighted by Gasteiger charge is 2.36. The smallest absolute Gasteiger partial charge is 0.338 e. The average Bonchev–Trinajstić information content (AvgIpc) is 3.29. The Morgan fingerprint density at radius 3 is 2.51 bits per heavy atom. The largest absolute Gasteiger partial charge is 0.462 e. The van der Waals surface area contributed by atoms with E-state index in [0.29, 0.717) is 11.3 Å². The van der Waals surface area contributed by atoms with Crippen molar-refractivity contribution < 1.29 is 23.9 Å². The minimum absolute atomic E-state index is 0.238. The van der Waals surface area contributed by atoms with Crippen molar-refractivity contribution in [3.63, 3.8) is 0 Å². The molecule has 1 N–H and O–H groups in total. The number of aryl methyl sites for hydroxylation is 1. The molecule has 0 aliphatic carbocycles. The van der Waals surface area contributed by atoms with Crippen molar-refractivity contribution in [1.29, 1.82) is 0 Å². The molecule has 4 rings (SSSR count). The molecule has 1 aromatic heterocycles. The van der Waals surface area contributed by atoms with Gasteiger partial charge >= 0.3 is 5.97 Å². The second-order valence-electron chi connectivity index (χ2n) is 8.26. The summed E-state index contributed by atoms with van der Waals surface area (Å²) in [5.41, 5.74) is 4.25. The van der Waals surface area contributed by atoms with Gasteiger partial charge in [-0.1, -0.05) is 22.0 Å². The fraction of sp³-hybridized carbons (Fsp3) is 0.185. The first-order valence-corrected chi connectivity index (χ1v) is 13.1. The SMILES string of the molecule is CCOC(=O)c1cccc(-n2c(C)cc(/C=C3\SC(=O)N(CC(=O)Nc4ccc(Br)cc4)C3=O)c2C)c1. The monoisotopic (exact) mass is 581 g/mol. The van der Waals surface area contributed by atoms with E-state index in [2.05, 4.69) is 21.2 Å². The number of carbonyl (C=O) groups excluding carboxylic acids is 4. The van der Waals surface area contributed by atoms with Crippen molar-refractivity contribution in [2.45, 2.75) is 20.8 Å². The van der Waals surface area contributed by atoms with Crippen LogP contribution < -0.4 is 5.32 Å². The van der Waals surface area contributed by atoms with Gasteiger partial charge in [0.1, 0.15) is 6.54 Å². The molecule has 0 spiro atoms. The molecule has 3 aromatic rings. The summed E-state index contributed by atoms with van der Waals surface area (Å²) in [4.78, 5) is 51.3. The number of nitrogens with zero attached hydrogens (tertiary/aromatic N) is 2. The molecule has 1 fully saturated rings. The number of hydrogen-bond donors (Lipinski definition) is 1. The van der Waals surface area contributed by atoms with Crippen LogP contribution in [0.4, 0.5) is 10.5 Å². The molecule has 37 heavy (non-hydrogen) atoms. The van der Waals surface area contributed by atoms with Crippen LogP contribution in [-0.4, -0.2) is 45.6 Å². The highest BCUT2D eigenvalue weighted by molar-refractivity contribution is 9.10. The third-order valence-corrected chi connectivity index (χ3v) is 7.11.